The van der Waals surface area contributed by atoms with E-state index in [4.69, 9.17) is 0 Å². The number of hydrogen-bond donors (Lipinski definition) is 2. The van der Waals surface area contributed by atoms with Gasteiger partial charge < -0.3 is 0 Å². The number of H-pyrrole nitrogens is 2. The maximum atomic E-state index is 13.5. The van der Waals surface area contributed by atoms with E-state index in [2.05, 4.69) is 20.3 Å². The molecule has 0 aliphatic heterocycles. The van der Waals surface area contributed by atoms with Crippen molar-refractivity contribution in [2.75, 3.05) is 0 Å². The Labute approximate surface area is 139 Å². The number of fused-ring (bicyclic) bond motifs is 1. The Hall–Kier alpha value is -3.49. The van der Waals surface area contributed by atoms with E-state index < -0.39 is 5.82 Å². The Bertz CT molecular complexity index is 1230. The second-order valence-electron chi connectivity index (χ2n) is 5.65. The van der Waals surface area contributed by atoms with Gasteiger partial charge in [-0.3, -0.25) is 19.8 Å². The topological polar surface area (TPSA) is 101 Å². The van der Waals surface area contributed by atoms with Crippen LogP contribution >= 0.6 is 0 Å². The predicted molar refractivity (Wildman–Crippen MR) is 88.9 cm³/mol. The molecule has 4 aromatic rings. The Morgan fingerprint density at radius 3 is 2.64 bits per heavy atom. The van der Waals surface area contributed by atoms with Crippen molar-refractivity contribution in [2.45, 2.75) is 13.8 Å². The summed E-state index contributed by atoms with van der Waals surface area (Å²) < 4.78 is 15.9. The first-order chi connectivity index (χ1) is 12.0. The maximum Gasteiger partial charge on any atom is 0.280 e. The molecule has 9 heteroatoms. The number of rotatable bonds is 2. The van der Waals surface area contributed by atoms with Gasteiger partial charge in [-0.05, 0) is 32.0 Å². The standard InChI is InChI=1S/C16H13FN6O2/c1-8-14-12(7-13(24)22(8)16-18-9(2)19-20-16)21-23(15(14)25)11-5-3-4-10(17)6-11/h3-7,21H,1-2H3,(H,18,19,20). The summed E-state index contributed by atoms with van der Waals surface area (Å²) in [4.78, 5) is 29.4. The fraction of sp³-hybridized carbons (Fsp3) is 0.125. The molecule has 3 aromatic heterocycles. The Morgan fingerprint density at radius 1 is 1.16 bits per heavy atom. The molecule has 25 heavy (non-hydrogen) atoms. The molecule has 0 fully saturated rings. The number of benzene rings is 1. The molecule has 0 atom stereocenters. The van der Waals surface area contributed by atoms with E-state index in [1.54, 1.807) is 19.9 Å². The molecule has 4 rings (SSSR count). The van der Waals surface area contributed by atoms with E-state index >= 15 is 0 Å². The highest BCUT2D eigenvalue weighted by atomic mass is 19.1. The van der Waals surface area contributed by atoms with Crippen LogP contribution in [0.5, 0.6) is 0 Å². The molecule has 0 aliphatic carbocycles. The lowest BCUT2D eigenvalue weighted by Gasteiger charge is -2.04. The average Bonchev–Trinajstić information content (AvgIpc) is 3.11. The van der Waals surface area contributed by atoms with Gasteiger partial charge in [-0.1, -0.05) is 6.07 Å². The molecule has 126 valence electrons. The van der Waals surface area contributed by atoms with Crippen LogP contribution in [0.2, 0.25) is 0 Å². The van der Waals surface area contributed by atoms with Gasteiger partial charge >= 0.3 is 0 Å². The van der Waals surface area contributed by atoms with Crippen LogP contribution in [0.4, 0.5) is 4.39 Å². The van der Waals surface area contributed by atoms with Crippen molar-refractivity contribution < 1.29 is 4.39 Å². The van der Waals surface area contributed by atoms with E-state index in [0.29, 0.717) is 28.1 Å². The summed E-state index contributed by atoms with van der Waals surface area (Å²) in [5.41, 5.74) is 0.335. The summed E-state index contributed by atoms with van der Waals surface area (Å²) in [5.74, 6) is 0.253. The smallest absolute Gasteiger partial charge is 0.280 e. The van der Waals surface area contributed by atoms with Crippen LogP contribution in [0.3, 0.4) is 0 Å². The monoisotopic (exact) mass is 340 g/mol. The van der Waals surface area contributed by atoms with E-state index in [0.717, 1.165) is 0 Å². The number of nitrogens with zero attached hydrogens (tertiary/aromatic N) is 4. The zero-order valence-electron chi connectivity index (χ0n) is 13.4. The van der Waals surface area contributed by atoms with Crippen molar-refractivity contribution in [1.82, 2.24) is 29.5 Å². The highest BCUT2D eigenvalue weighted by Crippen LogP contribution is 2.15. The number of aromatic nitrogens is 6. The van der Waals surface area contributed by atoms with E-state index in [-0.39, 0.29) is 17.1 Å². The molecule has 1 aromatic carbocycles. The van der Waals surface area contributed by atoms with Gasteiger partial charge in [0.2, 0.25) is 0 Å². The summed E-state index contributed by atoms with van der Waals surface area (Å²) >= 11 is 0. The third kappa shape index (κ3) is 2.28. The van der Waals surface area contributed by atoms with Crippen molar-refractivity contribution in [1.29, 1.82) is 0 Å². The molecule has 0 unspecified atom stereocenters. The fourth-order valence-corrected chi connectivity index (χ4v) is 2.85. The van der Waals surface area contributed by atoms with Crippen molar-refractivity contribution in [2.24, 2.45) is 0 Å². The summed E-state index contributed by atoms with van der Waals surface area (Å²) in [6.45, 7) is 3.35. The highest BCUT2D eigenvalue weighted by Gasteiger charge is 2.17. The van der Waals surface area contributed by atoms with E-state index in [1.165, 1.54) is 33.5 Å². The molecule has 0 radical (unpaired) electrons. The average molecular weight is 340 g/mol. The molecule has 2 N–H and O–H groups in total. The number of pyridine rings is 1. The van der Waals surface area contributed by atoms with Crippen LogP contribution in [0, 0.1) is 19.7 Å². The van der Waals surface area contributed by atoms with Gasteiger partial charge in [-0.15, -0.1) is 5.10 Å². The summed E-state index contributed by atoms with van der Waals surface area (Å²) in [6, 6.07) is 6.92. The van der Waals surface area contributed by atoms with Gasteiger partial charge in [0.15, 0.2) is 0 Å². The SMILES string of the molecule is Cc1nc(-n2c(C)c3c(=O)n(-c4cccc(F)c4)[nH]c3cc2=O)n[nH]1. The van der Waals surface area contributed by atoms with Gasteiger partial charge in [0, 0.05) is 11.8 Å². The van der Waals surface area contributed by atoms with Crippen LogP contribution in [-0.4, -0.2) is 29.5 Å². The van der Waals surface area contributed by atoms with Crippen molar-refractivity contribution >= 4 is 10.9 Å². The first kappa shape index (κ1) is 15.1. The number of halogens is 1. The molecule has 0 saturated carbocycles. The molecule has 0 aliphatic rings. The molecular weight excluding hydrogens is 327 g/mol. The third-order valence-corrected chi connectivity index (χ3v) is 3.96. The first-order valence-corrected chi connectivity index (χ1v) is 7.48. The van der Waals surface area contributed by atoms with Crippen LogP contribution in [0.15, 0.2) is 39.9 Å². The van der Waals surface area contributed by atoms with E-state index in [9.17, 15) is 14.0 Å². The van der Waals surface area contributed by atoms with Crippen LogP contribution in [0.25, 0.3) is 22.5 Å². The van der Waals surface area contributed by atoms with Gasteiger partial charge in [-0.25, -0.2) is 13.6 Å². The Balaban J connectivity index is 2.04. The lowest BCUT2D eigenvalue weighted by molar-refractivity contribution is 0.625. The molecule has 0 amide bonds. The van der Waals surface area contributed by atoms with Crippen molar-refractivity contribution in [3.05, 3.63) is 68.4 Å². The minimum atomic E-state index is -0.462. The van der Waals surface area contributed by atoms with Crippen LogP contribution in [-0.2, 0) is 0 Å². The first-order valence-electron chi connectivity index (χ1n) is 7.48. The van der Waals surface area contributed by atoms with Crippen LogP contribution in [0.1, 0.15) is 11.5 Å². The van der Waals surface area contributed by atoms with Gasteiger partial charge in [-0.2, -0.15) is 4.98 Å². The normalized spacial score (nSPS) is 11.3. The van der Waals surface area contributed by atoms with Gasteiger partial charge in [0.25, 0.3) is 17.1 Å². The molecule has 0 spiro atoms. The van der Waals surface area contributed by atoms with Crippen molar-refractivity contribution in [3.63, 3.8) is 0 Å². The highest BCUT2D eigenvalue weighted by molar-refractivity contribution is 5.81. The molecule has 3 heterocycles. The lowest BCUT2D eigenvalue weighted by Crippen LogP contribution is -2.22. The molecule has 0 bridgehead atoms. The van der Waals surface area contributed by atoms with Gasteiger partial charge in [0.05, 0.1) is 16.6 Å². The minimum Gasteiger partial charge on any atom is -0.290 e. The molecule has 8 nitrogen and oxygen atoms in total. The molecule has 0 saturated heterocycles. The van der Waals surface area contributed by atoms with Crippen molar-refractivity contribution in [3.8, 4) is 11.6 Å². The Kier molecular flexibility index (Phi) is 3.17. The largest absolute Gasteiger partial charge is 0.290 e. The zero-order chi connectivity index (χ0) is 17.7. The predicted octanol–water partition coefficient (Wildman–Crippen LogP) is 1.34. The number of hydrogen-bond acceptors (Lipinski definition) is 4. The third-order valence-electron chi connectivity index (χ3n) is 3.96. The summed E-state index contributed by atoms with van der Waals surface area (Å²) in [7, 11) is 0. The second kappa shape index (κ2) is 5.26. The second-order valence-corrected chi connectivity index (χ2v) is 5.65. The number of aryl methyl sites for hydroxylation is 2. The maximum absolute atomic E-state index is 13.5. The zero-order valence-corrected chi connectivity index (χ0v) is 13.4. The van der Waals surface area contributed by atoms with Crippen LogP contribution < -0.4 is 11.1 Å². The number of aromatic amines is 2. The van der Waals surface area contributed by atoms with E-state index in [1.807, 2.05) is 0 Å². The Morgan fingerprint density at radius 2 is 1.96 bits per heavy atom. The fourth-order valence-electron chi connectivity index (χ4n) is 2.85. The summed E-state index contributed by atoms with van der Waals surface area (Å²) in [5, 5.41) is 9.81. The molecular formula is C16H13FN6O2. The minimum absolute atomic E-state index is 0.166. The quantitative estimate of drug-likeness (QED) is 0.575. The lowest BCUT2D eigenvalue weighted by atomic mass is 10.2. The number of nitrogens with one attached hydrogen (secondary N) is 2. The summed E-state index contributed by atoms with van der Waals surface area (Å²) in [6.07, 6.45) is 0. The van der Waals surface area contributed by atoms with Gasteiger partial charge in [0.1, 0.15) is 11.6 Å².